The first-order chi connectivity index (χ1) is 12.0. The van der Waals surface area contributed by atoms with Crippen molar-refractivity contribution in [1.29, 1.82) is 0 Å². The van der Waals surface area contributed by atoms with Crippen molar-refractivity contribution in [1.82, 2.24) is 0 Å². The standard InChI is InChI=1S/C20H35NO5/c1-5-6-7-8-9-10-11-12-13-17(22)14-18(23)20(26,15-19(24)25)16-21(2,3)4/h9-12,17,22,26H,5-8,13-16H2,1-4H3/p+1. The molecule has 0 aliphatic rings. The molecule has 0 amide bonds. The average Bonchev–Trinajstić information content (AvgIpc) is 2.47. The van der Waals surface area contributed by atoms with Crippen LogP contribution in [-0.2, 0) is 9.59 Å². The van der Waals surface area contributed by atoms with Crippen LogP contribution in [-0.4, -0.2) is 70.9 Å². The molecule has 26 heavy (non-hydrogen) atoms. The third-order valence-corrected chi connectivity index (χ3v) is 3.89. The summed E-state index contributed by atoms with van der Waals surface area (Å²) in [5, 5.41) is 29.6. The number of quaternary nitrogens is 1. The van der Waals surface area contributed by atoms with Gasteiger partial charge in [-0.25, -0.2) is 0 Å². The number of aliphatic carboxylic acids is 1. The van der Waals surface area contributed by atoms with Crippen LogP contribution in [0.2, 0.25) is 0 Å². The molecule has 0 aromatic carbocycles. The highest BCUT2D eigenvalue weighted by Crippen LogP contribution is 2.19. The number of nitrogens with zero attached hydrogens (tertiary/aromatic N) is 1. The van der Waals surface area contributed by atoms with E-state index in [1.807, 2.05) is 12.2 Å². The Morgan fingerprint density at radius 3 is 2.27 bits per heavy atom. The maximum absolute atomic E-state index is 12.4. The number of carbonyl (C=O) groups is 2. The van der Waals surface area contributed by atoms with E-state index >= 15 is 0 Å². The number of aliphatic hydroxyl groups is 2. The Balaban J connectivity index is 4.56. The number of likely N-dealkylation sites (N-methyl/N-ethyl adjacent to an activating group) is 1. The van der Waals surface area contributed by atoms with E-state index in [-0.39, 0.29) is 23.9 Å². The number of aliphatic hydroxyl groups excluding tert-OH is 1. The van der Waals surface area contributed by atoms with Crippen LogP contribution < -0.4 is 0 Å². The Hall–Kier alpha value is -1.50. The van der Waals surface area contributed by atoms with Gasteiger partial charge in [0.25, 0.3) is 0 Å². The van der Waals surface area contributed by atoms with Crippen LogP contribution in [0.4, 0.5) is 0 Å². The van der Waals surface area contributed by atoms with E-state index < -0.39 is 29.9 Å². The summed E-state index contributed by atoms with van der Waals surface area (Å²) in [4.78, 5) is 23.4. The minimum Gasteiger partial charge on any atom is -0.481 e. The molecular formula is C20H36NO5+. The molecule has 6 heteroatoms. The fourth-order valence-electron chi connectivity index (χ4n) is 2.77. The summed E-state index contributed by atoms with van der Waals surface area (Å²) in [6.45, 7) is 2.13. The molecule has 6 nitrogen and oxygen atoms in total. The molecule has 0 spiro atoms. The van der Waals surface area contributed by atoms with Crippen LogP contribution in [0.1, 0.15) is 51.9 Å². The van der Waals surface area contributed by atoms with E-state index in [1.54, 1.807) is 27.2 Å². The maximum Gasteiger partial charge on any atom is 0.306 e. The molecule has 3 N–H and O–H groups in total. The largest absolute Gasteiger partial charge is 0.481 e. The van der Waals surface area contributed by atoms with Crippen LogP contribution in [0.3, 0.4) is 0 Å². The number of carbonyl (C=O) groups excluding carboxylic acids is 1. The zero-order valence-electron chi connectivity index (χ0n) is 16.6. The lowest BCUT2D eigenvalue weighted by atomic mass is 9.89. The lowest BCUT2D eigenvalue weighted by Gasteiger charge is -2.34. The van der Waals surface area contributed by atoms with Crippen LogP contribution in [0.25, 0.3) is 0 Å². The Labute approximate surface area is 157 Å². The van der Waals surface area contributed by atoms with Crippen LogP contribution in [0.15, 0.2) is 24.3 Å². The Bertz CT molecular complexity index is 493. The number of unbranched alkanes of at least 4 members (excludes halogenated alkanes) is 3. The highest BCUT2D eigenvalue weighted by atomic mass is 16.4. The van der Waals surface area contributed by atoms with Crippen molar-refractivity contribution in [3.63, 3.8) is 0 Å². The lowest BCUT2D eigenvalue weighted by Crippen LogP contribution is -2.55. The number of rotatable bonds is 14. The first kappa shape index (κ1) is 24.5. The van der Waals surface area contributed by atoms with Gasteiger partial charge in [-0.15, -0.1) is 0 Å². The minimum absolute atomic E-state index is 0.0266. The van der Waals surface area contributed by atoms with E-state index in [1.165, 1.54) is 12.8 Å². The normalized spacial score (nSPS) is 16.1. The van der Waals surface area contributed by atoms with Gasteiger partial charge in [-0.05, 0) is 19.3 Å². The number of carboxylic acid groups (broad SMARTS) is 1. The van der Waals surface area contributed by atoms with Gasteiger partial charge in [-0.3, -0.25) is 9.59 Å². The van der Waals surface area contributed by atoms with Gasteiger partial charge in [0.15, 0.2) is 11.4 Å². The molecule has 0 fully saturated rings. The molecule has 0 rings (SSSR count). The van der Waals surface area contributed by atoms with Gasteiger partial charge in [0.2, 0.25) is 0 Å². The van der Waals surface area contributed by atoms with Crippen molar-refractivity contribution in [2.75, 3.05) is 27.7 Å². The molecule has 0 aliphatic heterocycles. The number of carboxylic acids is 1. The van der Waals surface area contributed by atoms with Gasteiger partial charge in [0.05, 0.1) is 33.7 Å². The molecule has 2 unspecified atom stereocenters. The lowest BCUT2D eigenvalue weighted by molar-refractivity contribution is -0.875. The highest BCUT2D eigenvalue weighted by molar-refractivity contribution is 5.91. The Kier molecular flexibility index (Phi) is 11.3. The fraction of sp³-hybridized carbons (Fsp3) is 0.700. The summed E-state index contributed by atoms with van der Waals surface area (Å²) in [6, 6.07) is 0. The summed E-state index contributed by atoms with van der Waals surface area (Å²) >= 11 is 0. The summed E-state index contributed by atoms with van der Waals surface area (Å²) < 4.78 is 0.244. The van der Waals surface area contributed by atoms with Gasteiger partial charge in [0.1, 0.15) is 6.54 Å². The number of ketones is 1. The molecule has 0 aromatic rings. The third kappa shape index (κ3) is 12.0. The number of Topliss-reactive ketones (excluding diaryl/α,β-unsaturated/α-hetero) is 1. The average molecular weight is 371 g/mol. The molecule has 0 saturated carbocycles. The molecule has 0 bridgehead atoms. The van der Waals surface area contributed by atoms with E-state index in [0.29, 0.717) is 0 Å². The number of hydrogen-bond donors (Lipinski definition) is 3. The van der Waals surface area contributed by atoms with Gasteiger partial charge < -0.3 is 19.8 Å². The van der Waals surface area contributed by atoms with Crippen LogP contribution >= 0.6 is 0 Å². The second kappa shape index (κ2) is 12.0. The van der Waals surface area contributed by atoms with Crippen molar-refractivity contribution in [3.8, 4) is 0 Å². The number of allylic oxidation sites excluding steroid dienone is 3. The second-order valence-electron chi connectivity index (χ2n) is 7.92. The first-order valence-corrected chi connectivity index (χ1v) is 9.28. The van der Waals surface area contributed by atoms with Crippen LogP contribution in [0.5, 0.6) is 0 Å². The predicted octanol–water partition coefficient (Wildman–Crippen LogP) is 2.30. The molecule has 2 atom stereocenters. The summed E-state index contributed by atoms with van der Waals surface area (Å²) in [6.07, 6.45) is 10.6. The zero-order chi connectivity index (χ0) is 20.2. The van der Waals surface area contributed by atoms with Gasteiger partial charge >= 0.3 is 5.97 Å². The van der Waals surface area contributed by atoms with E-state index in [9.17, 15) is 19.8 Å². The van der Waals surface area contributed by atoms with Crippen molar-refractivity contribution >= 4 is 11.8 Å². The Morgan fingerprint density at radius 2 is 1.73 bits per heavy atom. The number of hydrogen-bond acceptors (Lipinski definition) is 4. The van der Waals surface area contributed by atoms with Crippen molar-refractivity contribution in [2.24, 2.45) is 0 Å². The molecule has 150 valence electrons. The van der Waals surface area contributed by atoms with Crippen molar-refractivity contribution in [3.05, 3.63) is 24.3 Å². The molecular weight excluding hydrogens is 334 g/mol. The van der Waals surface area contributed by atoms with Crippen LogP contribution in [0, 0.1) is 0 Å². The maximum atomic E-state index is 12.4. The smallest absolute Gasteiger partial charge is 0.306 e. The van der Waals surface area contributed by atoms with Gasteiger partial charge in [-0.2, -0.15) is 0 Å². The van der Waals surface area contributed by atoms with Gasteiger partial charge in [0, 0.05) is 6.42 Å². The summed E-state index contributed by atoms with van der Waals surface area (Å²) in [5.41, 5.74) is -1.98. The highest BCUT2D eigenvalue weighted by Gasteiger charge is 2.43. The quantitative estimate of drug-likeness (QED) is 0.248. The zero-order valence-corrected chi connectivity index (χ0v) is 16.6. The molecule has 0 radical (unpaired) electrons. The molecule has 0 aliphatic carbocycles. The topological polar surface area (TPSA) is 94.8 Å². The van der Waals surface area contributed by atoms with E-state index in [2.05, 4.69) is 13.0 Å². The molecule has 0 heterocycles. The SMILES string of the molecule is CCCCCC=CC=CCC(O)CC(=O)C(O)(CC(=O)O)C[N+](C)(C)C. The summed E-state index contributed by atoms with van der Waals surface area (Å²) in [7, 11) is 5.31. The molecule has 0 saturated heterocycles. The molecule has 0 aromatic heterocycles. The first-order valence-electron chi connectivity index (χ1n) is 9.28. The monoisotopic (exact) mass is 370 g/mol. The third-order valence-electron chi connectivity index (χ3n) is 3.89. The van der Waals surface area contributed by atoms with E-state index in [0.717, 1.165) is 12.8 Å². The van der Waals surface area contributed by atoms with Crippen molar-refractivity contribution < 1.29 is 29.4 Å². The second-order valence-corrected chi connectivity index (χ2v) is 7.92. The summed E-state index contributed by atoms with van der Waals surface area (Å²) in [5.74, 6) is -1.87. The Morgan fingerprint density at radius 1 is 1.12 bits per heavy atom. The van der Waals surface area contributed by atoms with E-state index in [4.69, 9.17) is 5.11 Å². The fourth-order valence-corrected chi connectivity index (χ4v) is 2.77. The van der Waals surface area contributed by atoms with Gasteiger partial charge in [-0.1, -0.05) is 44.1 Å². The van der Waals surface area contributed by atoms with Crippen molar-refractivity contribution in [2.45, 2.75) is 63.6 Å². The minimum atomic E-state index is -1.98. The predicted molar refractivity (Wildman–Crippen MR) is 103 cm³/mol.